The number of carbonyl (C=O) groups is 1. The molecule has 1 aromatic heterocycles. The van der Waals surface area contributed by atoms with E-state index in [0.29, 0.717) is 11.3 Å². The molecule has 0 amide bonds. The van der Waals surface area contributed by atoms with Crippen LogP contribution in [0.4, 0.5) is 0 Å². The van der Waals surface area contributed by atoms with Gasteiger partial charge < -0.3 is 9.72 Å². The van der Waals surface area contributed by atoms with Crippen molar-refractivity contribution < 1.29 is 9.53 Å². The zero-order valence-electron chi connectivity index (χ0n) is 7.59. The molecule has 13 heavy (non-hydrogen) atoms. The summed E-state index contributed by atoms with van der Waals surface area (Å²) in [5.74, 6) is -0.357. The fraction of sp³-hybridized carbons (Fsp3) is 0.333. The van der Waals surface area contributed by atoms with Gasteiger partial charge in [-0.2, -0.15) is 0 Å². The lowest BCUT2D eigenvalue weighted by atomic mass is 10.1. The van der Waals surface area contributed by atoms with Gasteiger partial charge in [-0.25, -0.2) is 0 Å². The lowest BCUT2D eigenvalue weighted by Gasteiger charge is -2.02. The topological polar surface area (TPSA) is 59.2 Å². The van der Waals surface area contributed by atoms with Gasteiger partial charge in [0.15, 0.2) is 5.43 Å². The van der Waals surface area contributed by atoms with Crippen LogP contribution < -0.4 is 5.43 Å². The van der Waals surface area contributed by atoms with Gasteiger partial charge in [-0.15, -0.1) is 0 Å². The first-order valence-corrected chi connectivity index (χ1v) is 3.89. The van der Waals surface area contributed by atoms with Crippen molar-refractivity contribution in [2.75, 3.05) is 7.11 Å². The lowest BCUT2D eigenvalue weighted by Crippen LogP contribution is -2.13. The van der Waals surface area contributed by atoms with Gasteiger partial charge in [-0.05, 0) is 6.92 Å². The highest BCUT2D eigenvalue weighted by Gasteiger charge is 2.07. The van der Waals surface area contributed by atoms with Crippen molar-refractivity contribution in [3.8, 4) is 0 Å². The molecule has 1 aromatic rings. The lowest BCUT2D eigenvalue weighted by molar-refractivity contribution is -0.139. The molecule has 4 nitrogen and oxygen atoms in total. The fourth-order valence-electron chi connectivity index (χ4n) is 1.00. The Labute approximate surface area is 75.5 Å². The Bertz CT molecular complexity index is 367. The standard InChI is InChI=1S/C9H11NO3/c1-6-7(5-9(12)13-2)10-4-3-8(6)11/h3-4H,5H2,1-2H3,(H,10,11). The highest BCUT2D eigenvalue weighted by atomic mass is 16.5. The normalized spacial score (nSPS) is 9.69. The van der Waals surface area contributed by atoms with Crippen molar-refractivity contribution in [2.45, 2.75) is 13.3 Å². The zero-order chi connectivity index (χ0) is 9.84. The van der Waals surface area contributed by atoms with Crippen LogP contribution in [0.5, 0.6) is 0 Å². The molecule has 0 fully saturated rings. The van der Waals surface area contributed by atoms with Crippen LogP contribution in [-0.2, 0) is 16.0 Å². The van der Waals surface area contributed by atoms with Crippen molar-refractivity contribution in [1.82, 2.24) is 4.98 Å². The second-order valence-corrected chi connectivity index (χ2v) is 2.70. The van der Waals surface area contributed by atoms with Crippen LogP contribution in [0.3, 0.4) is 0 Å². The predicted molar refractivity (Wildman–Crippen MR) is 47.5 cm³/mol. The first kappa shape index (κ1) is 9.51. The fourth-order valence-corrected chi connectivity index (χ4v) is 1.00. The number of carbonyl (C=O) groups excluding carboxylic acids is 1. The Kier molecular flexibility index (Phi) is 2.84. The highest BCUT2D eigenvalue weighted by molar-refractivity contribution is 5.72. The van der Waals surface area contributed by atoms with Crippen molar-refractivity contribution in [1.29, 1.82) is 0 Å². The molecule has 0 saturated carbocycles. The summed E-state index contributed by atoms with van der Waals surface area (Å²) in [6, 6.07) is 1.43. The summed E-state index contributed by atoms with van der Waals surface area (Å²) in [5, 5.41) is 0. The summed E-state index contributed by atoms with van der Waals surface area (Å²) in [6.45, 7) is 1.68. The van der Waals surface area contributed by atoms with Crippen molar-refractivity contribution in [3.63, 3.8) is 0 Å². The molecule has 0 saturated heterocycles. The van der Waals surface area contributed by atoms with Crippen LogP contribution >= 0.6 is 0 Å². The minimum absolute atomic E-state index is 0.0716. The number of hydrogen-bond acceptors (Lipinski definition) is 3. The van der Waals surface area contributed by atoms with Crippen molar-refractivity contribution in [2.24, 2.45) is 0 Å². The Morgan fingerprint density at radius 3 is 2.92 bits per heavy atom. The average Bonchev–Trinajstić information content (AvgIpc) is 2.13. The van der Waals surface area contributed by atoms with Crippen LogP contribution in [0.25, 0.3) is 0 Å². The molecule has 1 rings (SSSR count). The van der Waals surface area contributed by atoms with E-state index < -0.39 is 0 Å². The van der Waals surface area contributed by atoms with E-state index in [1.54, 1.807) is 6.92 Å². The molecule has 70 valence electrons. The van der Waals surface area contributed by atoms with Crippen LogP contribution in [0.2, 0.25) is 0 Å². The number of nitrogens with one attached hydrogen (secondary N) is 1. The minimum atomic E-state index is -0.357. The van der Waals surface area contributed by atoms with Gasteiger partial charge in [0.05, 0.1) is 13.5 Å². The number of pyridine rings is 1. The molecule has 0 atom stereocenters. The zero-order valence-corrected chi connectivity index (χ0v) is 7.59. The van der Waals surface area contributed by atoms with E-state index in [9.17, 15) is 9.59 Å². The maximum absolute atomic E-state index is 11.1. The molecule has 0 aliphatic carbocycles. The summed E-state index contributed by atoms with van der Waals surface area (Å²) < 4.78 is 4.49. The van der Waals surface area contributed by atoms with Gasteiger partial charge in [0.25, 0.3) is 0 Å². The van der Waals surface area contributed by atoms with E-state index in [4.69, 9.17) is 0 Å². The minimum Gasteiger partial charge on any atom is -0.469 e. The third kappa shape index (κ3) is 2.18. The maximum Gasteiger partial charge on any atom is 0.311 e. The number of methoxy groups -OCH3 is 1. The van der Waals surface area contributed by atoms with Crippen LogP contribution in [0, 0.1) is 6.92 Å². The van der Waals surface area contributed by atoms with Crippen molar-refractivity contribution >= 4 is 5.97 Å². The SMILES string of the molecule is COC(=O)Cc1[nH]ccc(=O)c1C. The van der Waals surface area contributed by atoms with Gasteiger partial charge >= 0.3 is 5.97 Å². The summed E-state index contributed by atoms with van der Waals surface area (Å²) in [6.07, 6.45) is 1.63. The number of H-pyrrole nitrogens is 1. The Hall–Kier alpha value is -1.58. The number of aromatic amines is 1. The summed E-state index contributed by atoms with van der Waals surface area (Å²) >= 11 is 0. The maximum atomic E-state index is 11.1. The van der Waals surface area contributed by atoms with E-state index in [0.717, 1.165) is 0 Å². The van der Waals surface area contributed by atoms with Crippen LogP contribution in [-0.4, -0.2) is 18.1 Å². The van der Waals surface area contributed by atoms with E-state index in [-0.39, 0.29) is 17.8 Å². The quantitative estimate of drug-likeness (QED) is 0.672. The largest absolute Gasteiger partial charge is 0.469 e. The number of aromatic nitrogens is 1. The van der Waals surface area contributed by atoms with E-state index in [2.05, 4.69) is 9.72 Å². The average molecular weight is 181 g/mol. The van der Waals surface area contributed by atoms with Crippen molar-refractivity contribution in [3.05, 3.63) is 33.7 Å². The van der Waals surface area contributed by atoms with E-state index in [1.165, 1.54) is 19.4 Å². The first-order valence-electron chi connectivity index (χ1n) is 3.89. The first-order chi connectivity index (χ1) is 6.15. The molecule has 0 bridgehead atoms. The molecule has 0 unspecified atom stereocenters. The number of hydrogen-bond donors (Lipinski definition) is 1. The molecule has 4 heteroatoms. The second-order valence-electron chi connectivity index (χ2n) is 2.70. The summed E-state index contributed by atoms with van der Waals surface area (Å²) in [4.78, 5) is 24.9. The molecule has 1 heterocycles. The molecule has 0 aliphatic heterocycles. The van der Waals surface area contributed by atoms with Gasteiger partial charge in [-0.3, -0.25) is 9.59 Å². The van der Waals surface area contributed by atoms with Crippen LogP contribution in [0.15, 0.2) is 17.1 Å². The van der Waals surface area contributed by atoms with E-state index in [1.807, 2.05) is 0 Å². The molecule has 0 aromatic carbocycles. The predicted octanol–water partition coefficient (Wildman–Crippen LogP) is 0.399. The van der Waals surface area contributed by atoms with E-state index >= 15 is 0 Å². The molecule has 0 aliphatic rings. The molecule has 1 N–H and O–H groups in total. The van der Waals surface area contributed by atoms with Gasteiger partial charge in [0, 0.05) is 23.5 Å². The number of rotatable bonds is 2. The van der Waals surface area contributed by atoms with Gasteiger partial charge in [0.2, 0.25) is 0 Å². The molecule has 0 spiro atoms. The molecular formula is C9H11NO3. The third-order valence-electron chi connectivity index (χ3n) is 1.86. The third-order valence-corrected chi connectivity index (χ3v) is 1.86. The molecule has 0 radical (unpaired) electrons. The molecular weight excluding hydrogens is 170 g/mol. The second kappa shape index (κ2) is 3.89. The Morgan fingerprint density at radius 1 is 1.62 bits per heavy atom. The van der Waals surface area contributed by atoms with Crippen LogP contribution in [0.1, 0.15) is 11.3 Å². The number of ether oxygens (including phenoxy) is 1. The monoisotopic (exact) mass is 181 g/mol. The van der Waals surface area contributed by atoms with Gasteiger partial charge in [-0.1, -0.05) is 0 Å². The smallest absolute Gasteiger partial charge is 0.311 e. The summed E-state index contributed by atoms with van der Waals surface area (Å²) in [7, 11) is 1.32. The summed E-state index contributed by atoms with van der Waals surface area (Å²) in [5.41, 5.74) is 1.10. The Morgan fingerprint density at radius 2 is 2.31 bits per heavy atom. The Balaban J connectivity index is 2.96. The highest BCUT2D eigenvalue weighted by Crippen LogP contribution is 1.99. The number of esters is 1. The van der Waals surface area contributed by atoms with Gasteiger partial charge in [0.1, 0.15) is 0 Å².